The van der Waals surface area contributed by atoms with E-state index in [-0.39, 0.29) is 0 Å². The number of anilines is 1. The Balaban J connectivity index is 1.59. The number of fused-ring (bicyclic) bond motifs is 5. The Kier molecular flexibility index (Phi) is 4.20. The molecular formula is C21H25N5O. The number of hydrogen-bond donors (Lipinski definition) is 1. The lowest BCUT2D eigenvalue weighted by Crippen LogP contribution is -2.45. The molecule has 0 amide bonds. The molecule has 4 bridgehead atoms. The Hall–Kier alpha value is -2.60. The highest BCUT2D eigenvalue weighted by molar-refractivity contribution is 5.78. The summed E-state index contributed by atoms with van der Waals surface area (Å²) >= 11 is 0. The molecule has 1 N–H and O–H groups in total. The molecule has 0 saturated carbocycles. The van der Waals surface area contributed by atoms with Crippen molar-refractivity contribution in [3.8, 4) is 16.9 Å². The van der Waals surface area contributed by atoms with Gasteiger partial charge in [-0.25, -0.2) is 9.50 Å². The number of nitrogens with zero attached hydrogens (tertiary/aromatic N) is 4. The Labute approximate surface area is 159 Å². The second kappa shape index (κ2) is 6.85. The maximum absolute atomic E-state index is 6.14. The summed E-state index contributed by atoms with van der Waals surface area (Å²) in [5, 5.41) is 8.03. The van der Waals surface area contributed by atoms with Crippen LogP contribution in [0.15, 0.2) is 36.7 Å². The van der Waals surface area contributed by atoms with E-state index in [1.54, 1.807) is 0 Å². The second-order valence-electron chi connectivity index (χ2n) is 7.59. The van der Waals surface area contributed by atoms with Crippen molar-refractivity contribution in [2.75, 3.05) is 31.6 Å². The molecule has 0 radical (unpaired) electrons. The van der Waals surface area contributed by atoms with E-state index in [4.69, 9.17) is 9.72 Å². The quantitative estimate of drug-likeness (QED) is 0.664. The summed E-state index contributed by atoms with van der Waals surface area (Å²) in [6.07, 6.45) is 7.66. The van der Waals surface area contributed by atoms with Gasteiger partial charge in [-0.15, -0.1) is 0 Å². The van der Waals surface area contributed by atoms with Gasteiger partial charge in [0.15, 0.2) is 5.65 Å². The molecule has 1 unspecified atom stereocenters. The van der Waals surface area contributed by atoms with Gasteiger partial charge in [0.1, 0.15) is 18.2 Å². The third-order valence-corrected chi connectivity index (χ3v) is 5.65. The van der Waals surface area contributed by atoms with E-state index in [1.165, 1.54) is 24.8 Å². The van der Waals surface area contributed by atoms with Crippen molar-refractivity contribution in [1.29, 1.82) is 0 Å². The van der Waals surface area contributed by atoms with Crippen LogP contribution < -0.4 is 10.1 Å². The number of benzene rings is 1. The van der Waals surface area contributed by atoms with Gasteiger partial charge in [-0.1, -0.05) is 12.5 Å². The van der Waals surface area contributed by atoms with E-state index < -0.39 is 0 Å². The topological polar surface area (TPSA) is 54.7 Å². The first-order chi connectivity index (χ1) is 13.3. The number of aryl methyl sites for hydroxylation is 1. The van der Waals surface area contributed by atoms with E-state index >= 15 is 0 Å². The Morgan fingerprint density at radius 2 is 2.15 bits per heavy atom. The second-order valence-corrected chi connectivity index (χ2v) is 7.59. The van der Waals surface area contributed by atoms with Gasteiger partial charge in [0.05, 0.1) is 6.20 Å². The molecule has 5 rings (SSSR count). The van der Waals surface area contributed by atoms with Crippen molar-refractivity contribution >= 4 is 11.5 Å². The van der Waals surface area contributed by atoms with Crippen LogP contribution >= 0.6 is 0 Å². The van der Waals surface area contributed by atoms with E-state index in [0.29, 0.717) is 12.6 Å². The monoisotopic (exact) mass is 363 g/mol. The molecule has 0 aliphatic carbocycles. The van der Waals surface area contributed by atoms with Crippen molar-refractivity contribution in [1.82, 2.24) is 19.5 Å². The number of aromatic nitrogens is 3. The normalized spacial score (nSPS) is 20.6. The number of ether oxygens (including phenoxy) is 1. The van der Waals surface area contributed by atoms with Gasteiger partial charge < -0.3 is 10.1 Å². The largest absolute Gasteiger partial charge is 0.492 e. The van der Waals surface area contributed by atoms with E-state index in [2.05, 4.69) is 40.4 Å². The minimum atomic E-state index is 0.528. The lowest BCUT2D eigenvalue weighted by atomic mass is 10.0. The molecule has 2 aliphatic heterocycles. The highest BCUT2D eigenvalue weighted by Gasteiger charge is 2.22. The van der Waals surface area contributed by atoms with Gasteiger partial charge in [0.2, 0.25) is 0 Å². The molecular weight excluding hydrogens is 338 g/mol. The predicted octanol–water partition coefficient (Wildman–Crippen LogP) is 3.36. The SMILES string of the molecule is Cc1cc2cc(c1)-c1cnn3ccc(nc13)NCC1CCCCN1CCO2. The molecule has 6 heteroatoms. The number of piperidine rings is 1. The number of rotatable bonds is 0. The maximum atomic E-state index is 6.14. The fraction of sp³-hybridized carbons (Fsp3) is 0.429. The van der Waals surface area contributed by atoms with Crippen molar-refractivity contribution in [2.45, 2.75) is 32.2 Å². The average molecular weight is 363 g/mol. The van der Waals surface area contributed by atoms with Crippen LogP contribution in [0.2, 0.25) is 0 Å². The molecule has 1 atom stereocenters. The van der Waals surface area contributed by atoms with Crippen molar-refractivity contribution < 1.29 is 4.74 Å². The molecule has 2 aliphatic rings. The summed E-state index contributed by atoms with van der Waals surface area (Å²) in [5.74, 6) is 1.83. The maximum Gasteiger partial charge on any atom is 0.165 e. The summed E-state index contributed by atoms with van der Waals surface area (Å²) in [5.41, 5.74) is 4.18. The van der Waals surface area contributed by atoms with Crippen LogP contribution in [0.5, 0.6) is 5.75 Å². The van der Waals surface area contributed by atoms with Crippen molar-refractivity contribution in [3.05, 3.63) is 42.2 Å². The number of hydrogen-bond acceptors (Lipinski definition) is 5. The highest BCUT2D eigenvalue weighted by Crippen LogP contribution is 2.29. The zero-order valence-electron chi connectivity index (χ0n) is 15.7. The third kappa shape index (κ3) is 3.25. The fourth-order valence-corrected chi connectivity index (χ4v) is 4.25. The smallest absolute Gasteiger partial charge is 0.165 e. The fourth-order valence-electron chi connectivity index (χ4n) is 4.25. The minimum Gasteiger partial charge on any atom is -0.492 e. The van der Waals surface area contributed by atoms with Crippen LogP contribution in [0.4, 0.5) is 5.82 Å². The van der Waals surface area contributed by atoms with E-state index in [9.17, 15) is 0 Å². The standard InChI is InChI=1S/C21H25N5O/c1-15-10-16-12-18(11-15)27-9-8-25-6-3-2-4-17(25)13-22-20-5-7-26-21(24-20)19(16)14-23-26/h5,7,10-12,14,17H,2-4,6,8-9,13H2,1H3,(H,22,24). The Morgan fingerprint density at radius 1 is 1.19 bits per heavy atom. The minimum absolute atomic E-state index is 0.528. The first kappa shape index (κ1) is 16.6. The number of nitrogens with one attached hydrogen (secondary N) is 1. The van der Waals surface area contributed by atoms with Gasteiger partial charge in [0.25, 0.3) is 0 Å². The van der Waals surface area contributed by atoms with Gasteiger partial charge >= 0.3 is 0 Å². The third-order valence-electron chi connectivity index (χ3n) is 5.65. The van der Waals surface area contributed by atoms with E-state index in [0.717, 1.165) is 48.0 Å². The van der Waals surface area contributed by atoms with Crippen LogP contribution in [0.3, 0.4) is 0 Å². The lowest BCUT2D eigenvalue weighted by molar-refractivity contribution is 0.129. The summed E-state index contributed by atoms with van der Waals surface area (Å²) in [4.78, 5) is 7.41. The molecule has 2 aromatic heterocycles. The van der Waals surface area contributed by atoms with Gasteiger partial charge in [-0.2, -0.15) is 5.10 Å². The summed E-state index contributed by atoms with van der Waals surface area (Å²) in [6, 6.07) is 8.91. The molecule has 140 valence electrons. The zero-order valence-corrected chi connectivity index (χ0v) is 15.7. The average Bonchev–Trinajstić information content (AvgIpc) is 3.09. The predicted molar refractivity (Wildman–Crippen MR) is 106 cm³/mol. The first-order valence-corrected chi connectivity index (χ1v) is 9.83. The van der Waals surface area contributed by atoms with Gasteiger partial charge in [-0.05, 0) is 55.6 Å². The van der Waals surface area contributed by atoms with Crippen LogP contribution in [0.25, 0.3) is 16.8 Å². The summed E-state index contributed by atoms with van der Waals surface area (Å²) < 4.78 is 7.97. The Bertz CT molecular complexity index is 966. The summed E-state index contributed by atoms with van der Waals surface area (Å²) in [7, 11) is 0. The molecule has 27 heavy (non-hydrogen) atoms. The van der Waals surface area contributed by atoms with Crippen LogP contribution in [0.1, 0.15) is 24.8 Å². The van der Waals surface area contributed by atoms with Crippen molar-refractivity contribution in [3.63, 3.8) is 0 Å². The Morgan fingerprint density at radius 3 is 3.11 bits per heavy atom. The first-order valence-electron chi connectivity index (χ1n) is 9.83. The van der Waals surface area contributed by atoms with E-state index in [1.807, 2.05) is 23.0 Å². The molecule has 1 aromatic carbocycles. The molecule has 3 aromatic rings. The highest BCUT2D eigenvalue weighted by atomic mass is 16.5. The zero-order chi connectivity index (χ0) is 18.2. The lowest BCUT2D eigenvalue weighted by Gasteiger charge is -2.35. The molecule has 1 saturated heterocycles. The molecule has 6 nitrogen and oxygen atoms in total. The molecule has 0 spiro atoms. The molecule has 1 fully saturated rings. The van der Waals surface area contributed by atoms with Crippen LogP contribution in [0, 0.1) is 6.92 Å². The van der Waals surface area contributed by atoms with Crippen LogP contribution in [-0.2, 0) is 0 Å². The molecule has 4 heterocycles. The van der Waals surface area contributed by atoms with Gasteiger partial charge in [-0.3, -0.25) is 4.90 Å². The van der Waals surface area contributed by atoms with Crippen LogP contribution in [-0.4, -0.2) is 51.8 Å². The van der Waals surface area contributed by atoms with Crippen molar-refractivity contribution in [2.24, 2.45) is 0 Å². The van der Waals surface area contributed by atoms with Gasteiger partial charge in [0, 0.05) is 30.9 Å². The summed E-state index contributed by atoms with van der Waals surface area (Å²) in [6.45, 7) is 5.84.